The quantitative estimate of drug-likeness (QED) is 0.127. The fraction of sp³-hybridized carbons (Fsp3) is 0.900. The maximum atomic E-state index is 12.6. The topological polar surface area (TPSA) is 138 Å². The first kappa shape index (κ1) is 26.6. The molecular formula is C20H43N5O3. The molecule has 1 amide bonds. The summed E-state index contributed by atoms with van der Waals surface area (Å²) in [4.78, 5) is 16.6. The van der Waals surface area contributed by atoms with Gasteiger partial charge in [0, 0.05) is 19.8 Å². The number of nitrogens with one attached hydrogen (secondary N) is 1. The number of nitrogens with two attached hydrogens (primary N) is 3. The molecule has 0 saturated heterocycles. The van der Waals surface area contributed by atoms with E-state index < -0.39 is 12.3 Å². The van der Waals surface area contributed by atoms with Crippen LogP contribution in [0, 0.1) is 5.92 Å². The minimum absolute atomic E-state index is 0.0643. The maximum absolute atomic E-state index is 12.6. The Bertz CT molecular complexity index is 418. The van der Waals surface area contributed by atoms with Gasteiger partial charge in [-0.15, -0.1) is 0 Å². The standard InChI is InChI=1S/C20H43N5O3/c1-5-7-12-27-19(28-13-8-6-2)17(10-9-11-24-20(22)23)25-18(26)16(21)14-15(3)4/h15-17,19H,5-14,21H2,1-4H3,(H,25,26)(H4,22,23,24)/t16-,17-/m0/s1. The van der Waals surface area contributed by atoms with Gasteiger partial charge in [-0.05, 0) is 38.0 Å². The highest BCUT2D eigenvalue weighted by Crippen LogP contribution is 2.12. The molecule has 0 saturated carbocycles. The molecule has 0 fully saturated rings. The summed E-state index contributed by atoms with van der Waals surface area (Å²) in [5.41, 5.74) is 16.8. The van der Waals surface area contributed by atoms with Crippen LogP contribution in [0.2, 0.25) is 0 Å². The van der Waals surface area contributed by atoms with E-state index in [-0.39, 0.29) is 17.9 Å². The predicted molar refractivity (Wildman–Crippen MR) is 115 cm³/mol. The van der Waals surface area contributed by atoms with E-state index >= 15 is 0 Å². The Hall–Kier alpha value is -1.38. The fourth-order valence-corrected chi connectivity index (χ4v) is 2.67. The summed E-state index contributed by atoms with van der Waals surface area (Å²) < 4.78 is 11.9. The summed E-state index contributed by atoms with van der Waals surface area (Å²) in [6.45, 7) is 9.97. The molecule has 0 aliphatic heterocycles. The van der Waals surface area contributed by atoms with Crippen LogP contribution in [-0.2, 0) is 14.3 Å². The van der Waals surface area contributed by atoms with Gasteiger partial charge in [-0.25, -0.2) is 0 Å². The van der Waals surface area contributed by atoms with Crippen molar-refractivity contribution in [2.45, 2.75) is 91.0 Å². The molecule has 0 bridgehead atoms. The first-order chi connectivity index (χ1) is 13.3. The summed E-state index contributed by atoms with van der Waals surface area (Å²) in [5.74, 6) is 0.233. The Balaban J connectivity index is 5.05. The minimum Gasteiger partial charge on any atom is -0.370 e. The van der Waals surface area contributed by atoms with Crippen LogP contribution in [0.5, 0.6) is 0 Å². The lowest BCUT2D eigenvalue weighted by molar-refractivity contribution is -0.165. The molecule has 28 heavy (non-hydrogen) atoms. The first-order valence-electron chi connectivity index (χ1n) is 10.7. The second kappa shape index (κ2) is 16.6. The second-order valence-corrected chi connectivity index (χ2v) is 7.62. The van der Waals surface area contributed by atoms with Crippen LogP contribution >= 0.6 is 0 Å². The largest absolute Gasteiger partial charge is 0.370 e. The minimum atomic E-state index is -0.549. The van der Waals surface area contributed by atoms with Crippen LogP contribution in [0.15, 0.2) is 4.99 Å². The Morgan fingerprint density at radius 3 is 2.07 bits per heavy atom. The highest BCUT2D eigenvalue weighted by Gasteiger charge is 2.27. The zero-order valence-electron chi connectivity index (χ0n) is 18.3. The van der Waals surface area contributed by atoms with Gasteiger partial charge in [0.05, 0.1) is 12.1 Å². The molecule has 0 heterocycles. The number of hydrogen-bond donors (Lipinski definition) is 4. The summed E-state index contributed by atoms with van der Waals surface area (Å²) in [7, 11) is 0. The lowest BCUT2D eigenvalue weighted by Crippen LogP contribution is -2.51. The zero-order valence-corrected chi connectivity index (χ0v) is 18.3. The summed E-state index contributed by atoms with van der Waals surface area (Å²) in [6, 6.07) is -0.847. The van der Waals surface area contributed by atoms with E-state index in [0.717, 1.165) is 25.7 Å². The van der Waals surface area contributed by atoms with Crippen molar-refractivity contribution in [3.05, 3.63) is 0 Å². The average molecular weight is 402 g/mol. The van der Waals surface area contributed by atoms with Crippen LogP contribution in [-0.4, -0.2) is 50.0 Å². The third-order valence-corrected chi connectivity index (χ3v) is 4.25. The molecule has 0 radical (unpaired) electrons. The van der Waals surface area contributed by atoms with Crippen molar-refractivity contribution in [2.75, 3.05) is 19.8 Å². The second-order valence-electron chi connectivity index (χ2n) is 7.62. The van der Waals surface area contributed by atoms with Crippen LogP contribution < -0.4 is 22.5 Å². The highest BCUT2D eigenvalue weighted by atomic mass is 16.7. The van der Waals surface area contributed by atoms with Crippen molar-refractivity contribution >= 4 is 11.9 Å². The molecule has 0 aromatic heterocycles. The van der Waals surface area contributed by atoms with Gasteiger partial charge in [0.15, 0.2) is 12.2 Å². The van der Waals surface area contributed by atoms with Crippen molar-refractivity contribution in [2.24, 2.45) is 28.1 Å². The SMILES string of the molecule is CCCCOC(OCCCC)[C@H](CCCN=C(N)N)NC(=O)[C@@H](N)CC(C)C. The van der Waals surface area contributed by atoms with E-state index in [4.69, 9.17) is 26.7 Å². The Labute approximate surface area is 171 Å². The molecular weight excluding hydrogens is 358 g/mol. The summed E-state index contributed by atoms with van der Waals surface area (Å²) in [6.07, 6.45) is 5.40. The van der Waals surface area contributed by atoms with E-state index in [1.807, 2.05) is 13.8 Å². The number of nitrogens with zero attached hydrogens (tertiary/aromatic N) is 1. The molecule has 0 unspecified atom stereocenters. The van der Waals surface area contributed by atoms with Crippen molar-refractivity contribution in [3.63, 3.8) is 0 Å². The maximum Gasteiger partial charge on any atom is 0.237 e. The number of hydrogen-bond acceptors (Lipinski definition) is 5. The summed E-state index contributed by atoms with van der Waals surface area (Å²) in [5, 5.41) is 3.04. The van der Waals surface area contributed by atoms with Crippen LogP contribution in [0.4, 0.5) is 0 Å². The Morgan fingerprint density at radius 2 is 1.61 bits per heavy atom. The number of rotatable bonds is 17. The van der Waals surface area contributed by atoms with Crippen LogP contribution in [0.25, 0.3) is 0 Å². The van der Waals surface area contributed by atoms with Crippen LogP contribution in [0.1, 0.15) is 72.6 Å². The first-order valence-corrected chi connectivity index (χ1v) is 10.7. The van der Waals surface area contributed by atoms with Crippen molar-refractivity contribution in [1.29, 1.82) is 0 Å². The van der Waals surface area contributed by atoms with Gasteiger partial charge in [0.1, 0.15) is 0 Å². The lowest BCUT2D eigenvalue weighted by Gasteiger charge is -2.29. The molecule has 7 N–H and O–H groups in total. The van der Waals surface area contributed by atoms with Gasteiger partial charge >= 0.3 is 0 Å². The molecule has 0 aliphatic rings. The highest BCUT2D eigenvalue weighted by molar-refractivity contribution is 5.81. The normalized spacial score (nSPS) is 13.5. The van der Waals surface area contributed by atoms with Gasteiger partial charge in [-0.2, -0.15) is 0 Å². The molecule has 166 valence electrons. The molecule has 0 aliphatic carbocycles. The average Bonchev–Trinajstić information content (AvgIpc) is 2.62. The monoisotopic (exact) mass is 401 g/mol. The van der Waals surface area contributed by atoms with E-state index in [2.05, 4.69) is 24.2 Å². The number of aliphatic imine (C=N–C) groups is 1. The lowest BCUT2D eigenvalue weighted by atomic mass is 10.0. The van der Waals surface area contributed by atoms with Crippen LogP contribution in [0.3, 0.4) is 0 Å². The number of guanidine groups is 1. The Morgan fingerprint density at radius 1 is 1.04 bits per heavy atom. The molecule has 0 rings (SSSR count). The molecule has 0 spiro atoms. The molecule has 2 atom stereocenters. The number of carbonyl (C=O) groups is 1. The van der Waals surface area contributed by atoms with Gasteiger partial charge in [-0.3, -0.25) is 9.79 Å². The number of ether oxygens (including phenoxy) is 2. The zero-order chi connectivity index (χ0) is 21.4. The third-order valence-electron chi connectivity index (χ3n) is 4.25. The van der Waals surface area contributed by atoms with E-state index in [1.54, 1.807) is 0 Å². The van der Waals surface area contributed by atoms with E-state index in [1.165, 1.54) is 0 Å². The smallest absolute Gasteiger partial charge is 0.237 e. The van der Waals surface area contributed by atoms with Gasteiger partial charge in [-0.1, -0.05) is 40.5 Å². The van der Waals surface area contributed by atoms with Crippen molar-refractivity contribution < 1.29 is 14.3 Å². The van der Waals surface area contributed by atoms with Crippen molar-refractivity contribution in [3.8, 4) is 0 Å². The Kier molecular flexibility index (Phi) is 15.7. The molecule has 0 aromatic carbocycles. The summed E-state index contributed by atoms with van der Waals surface area (Å²) >= 11 is 0. The van der Waals surface area contributed by atoms with Gasteiger partial charge < -0.3 is 32.0 Å². The number of carbonyl (C=O) groups excluding carboxylic acids is 1. The van der Waals surface area contributed by atoms with Gasteiger partial charge in [0.2, 0.25) is 5.91 Å². The van der Waals surface area contributed by atoms with Gasteiger partial charge in [0.25, 0.3) is 0 Å². The predicted octanol–water partition coefficient (Wildman–Crippen LogP) is 1.86. The fourth-order valence-electron chi connectivity index (χ4n) is 2.67. The molecule has 0 aromatic rings. The van der Waals surface area contributed by atoms with E-state index in [0.29, 0.717) is 44.9 Å². The van der Waals surface area contributed by atoms with Crippen molar-refractivity contribution in [1.82, 2.24) is 5.32 Å². The third kappa shape index (κ3) is 13.7. The molecule has 8 heteroatoms. The van der Waals surface area contributed by atoms with E-state index in [9.17, 15) is 4.79 Å². The molecule has 8 nitrogen and oxygen atoms in total. The number of unbranched alkanes of at least 4 members (excludes halogenated alkanes) is 2. The number of amides is 1.